The van der Waals surface area contributed by atoms with E-state index in [1.54, 1.807) is 0 Å². The molecular weight excluding hydrogens is 420 g/mol. The van der Waals surface area contributed by atoms with Crippen molar-refractivity contribution in [2.75, 3.05) is 19.8 Å². The summed E-state index contributed by atoms with van der Waals surface area (Å²) < 4.78 is 39.1. The first kappa shape index (κ1) is 20.8. The molecule has 1 aromatic carbocycles. The molecule has 0 spiro atoms. The van der Waals surface area contributed by atoms with Gasteiger partial charge in [-0.15, -0.1) is 0 Å². The zero-order chi connectivity index (χ0) is 22.9. The number of benzene rings is 1. The summed E-state index contributed by atoms with van der Waals surface area (Å²) in [6, 6.07) is 0. The summed E-state index contributed by atoms with van der Waals surface area (Å²) in [6.45, 7) is 15.3. The molecule has 7 rings (SSSR count). The Morgan fingerprint density at radius 3 is 1.06 bits per heavy atom. The fraction of sp³-hybridized carbons (Fsp3) is 0.778. The summed E-state index contributed by atoms with van der Waals surface area (Å²) in [5.74, 6) is 3.16. The number of rotatable bonds is 0. The number of hydrogen-bond acceptors (Lipinski definition) is 6. The zero-order valence-electron chi connectivity index (χ0n) is 20.7. The fourth-order valence-electron chi connectivity index (χ4n) is 7.64. The molecule has 180 valence electrons. The van der Waals surface area contributed by atoms with Crippen LogP contribution in [-0.4, -0.2) is 37.2 Å². The topological polar surface area (TPSA) is 55.4 Å². The third-order valence-corrected chi connectivity index (χ3v) is 9.81. The minimum absolute atomic E-state index is 0.299. The molecule has 0 aliphatic carbocycles. The van der Waals surface area contributed by atoms with Gasteiger partial charge in [-0.25, -0.2) is 0 Å². The average Bonchev–Trinajstić information content (AvgIpc) is 3.35. The van der Waals surface area contributed by atoms with E-state index in [9.17, 15) is 0 Å². The van der Waals surface area contributed by atoms with Gasteiger partial charge in [0.25, 0.3) is 0 Å². The lowest BCUT2D eigenvalue weighted by Crippen LogP contribution is -2.49. The first-order valence-electron chi connectivity index (χ1n) is 12.8. The molecule has 0 amide bonds. The van der Waals surface area contributed by atoms with Crippen LogP contribution in [0.5, 0.6) is 17.2 Å². The predicted octanol–water partition coefficient (Wildman–Crippen LogP) is 4.49. The van der Waals surface area contributed by atoms with Gasteiger partial charge in [-0.3, -0.25) is 0 Å². The van der Waals surface area contributed by atoms with Crippen LogP contribution in [0.25, 0.3) is 0 Å². The zero-order valence-corrected chi connectivity index (χ0v) is 20.7. The first-order valence-corrected chi connectivity index (χ1v) is 12.8. The Morgan fingerprint density at radius 1 is 0.515 bits per heavy atom. The third kappa shape index (κ3) is 2.61. The average molecular weight is 457 g/mol. The van der Waals surface area contributed by atoms with E-state index in [1.165, 1.54) is 16.7 Å². The molecule has 0 unspecified atom stereocenters. The van der Waals surface area contributed by atoms with Gasteiger partial charge in [-0.2, -0.15) is 0 Å². The summed E-state index contributed by atoms with van der Waals surface area (Å²) in [7, 11) is 0. The van der Waals surface area contributed by atoms with Crippen molar-refractivity contribution in [1.29, 1.82) is 0 Å². The van der Waals surface area contributed by atoms with Crippen LogP contribution < -0.4 is 14.2 Å². The van der Waals surface area contributed by atoms with E-state index < -0.39 is 17.4 Å². The van der Waals surface area contributed by atoms with Crippen molar-refractivity contribution in [2.45, 2.75) is 78.2 Å². The van der Waals surface area contributed by atoms with Gasteiger partial charge in [0.2, 0.25) is 17.4 Å². The molecular formula is C27H36O6. The maximum absolute atomic E-state index is 6.80. The van der Waals surface area contributed by atoms with E-state index in [4.69, 9.17) is 28.4 Å². The lowest BCUT2D eigenvalue weighted by atomic mass is 9.74. The van der Waals surface area contributed by atoms with Gasteiger partial charge in [0.05, 0.1) is 19.8 Å². The molecule has 6 heteroatoms. The Bertz CT molecular complexity index is 888. The van der Waals surface area contributed by atoms with Crippen molar-refractivity contribution in [3.63, 3.8) is 0 Å². The number of ether oxygens (including phenoxy) is 6. The van der Waals surface area contributed by atoms with Crippen molar-refractivity contribution < 1.29 is 28.4 Å². The maximum Gasteiger partial charge on any atom is 0.211 e. The monoisotopic (exact) mass is 456 g/mol. The van der Waals surface area contributed by atoms with Crippen LogP contribution in [-0.2, 0) is 33.5 Å². The van der Waals surface area contributed by atoms with Gasteiger partial charge in [0, 0.05) is 55.2 Å². The smallest absolute Gasteiger partial charge is 0.211 e. The SMILES string of the molecule is C[C@H]1CO[C@]2(C)Oc3c(c4c(c5c3C[C@H]3[C@@H](C)CO[C@@]3(C)O5)C[C@@H]3[C@@H](C)CO[C@]3(C)O4)C[C@H]12. The normalized spacial score (nSPS) is 48.9. The van der Waals surface area contributed by atoms with Crippen LogP contribution in [0.4, 0.5) is 0 Å². The van der Waals surface area contributed by atoms with Crippen LogP contribution in [0.3, 0.4) is 0 Å². The highest BCUT2D eigenvalue weighted by Gasteiger charge is 2.58. The molecule has 9 atom stereocenters. The predicted molar refractivity (Wildman–Crippen MR) is 120 cm³/mol. The Hall–Kier alpha value is -1.50. The van der Waals surface area contributed by atoms with E-state index in [2.05, 4.69) is 41.5 Å². The summed E-state index contributed by atoms with van der Waals surface area (Å²) >= 11 is 0. The highest BCUT2D eigenvalue weighted by atomic mass is 16.7. The molecule has 0 N–H and O–H groups in total. The van der Waals surface area contributed by atoms with Gasteiger partial charge >= 0.3 is 0 Å². The van der Waals surface area contributed by atoms with Crippen molar-refractivity contribution in [2.24, 2.45) is 35.5 Å². The van der Waals surface area contributed by atoms with Crippen molar-refractivity contribution >= 4 is 0 Å². The van der Waals surface area contributed by atoms with Gasteiger partial charge in [-0.1, -0.05) is 20.8 Å². The van der Waals surface area contributed by atoms with Gasteiger partial charge < -0.3 is 28.4 Å². The molecule has 1 aromatic rings. The molecule has 0 radical (unpaired) electrons. The molecule has 33 heavy (non-hydrogen) atoms. The van der Waals surface area contributed by atoms with Gasteiger partial charge in [-0.05, 0) is 37.0 Å². The van der Waals surface area contributed by atoms with E-state index in [0.29, 0.717) is 35.5 Å². The Balaban J connectivity index is 1.44. The van der Waals surface area contributed by atoms with Crippen LogP contribution in [0.2, 0.25) is 0 Å². The van der Waals surface area contributed by atoms with Crippen molar-refractivity contribution in [3.8, 4) is 17.2 Å². The largest absolute Gasteiger partial charge is 0.461 e. The lowest BCUT2D eigenvalue weighted by molar-refractivity contribution is -0.181. The number of hydrogen-bond donors (Lipinski definition) is 0. The van der Waals surface area contributed by atoms with E-state index in [-0.39, 0.29) is 0 Å². The molecule has 6 aliphatic rings. The Morgan fingerprint density at radius 2 is 0.788 bits per heavy atom. The van der Waals surface area contributed by atoms with Gasteiger partial charge in [0.1, 0.15) is 17.2 Å². The Labute approximate surface area is 196 Å². The van der Waals surface area contributed by atoms with Crippen LogP contribution in [0, 0.1) is 35.5 Å². The van der Waals surface area contributed by atoms with Crippen molar-refractivity contribution in [3.05, 3.63) is 16.7 Å². The van der Waals surface area contributed by atoms with Gasteiger partial charge in [0.15, 0.2) is 0 Å². The maximum atomic E-state index is 6.80. The minimum Gasteiger partial charge on any atom is -0.461 e. The van der Waals surface area contributed by atoms with Crippen LogP contribution in [0.15, 0.2) is 0 Å². The van der Waals surface area contributed by atoms with Crippen LogP contribution >= 0.6 is 0 Å². The second-order valence-electron chi connectivity index (χ2n) is 12.1. The second-order valence-corrected chi connectivity index (χ2v) is 12.1. The fourth-order valence-corrected chi connectivity index (χ4v) is 7.64. The molecule has 3 saturated heterocycles. The summed E-state index contributed by atoms with van der Waals surface area (Å²) in [6.07, 6.45) is 2.69. The first-order chi connectivity index (χ1) is 15.6. The summed E-state index contributed by atoms with van der Waals surface area (Å²) in [5, 5.41) is 0. The minimum atomic E-state index is -0.605. The standard InChI is InChI=1S/C27H36O6/c1-13-10-28-25(4)19(13)7-16-22(31-25)17-8-20-14(2)12-30-27(20,6)33-24(17)18-9-21-15(3)11-29-26(21,5)32-23(16)18/h13-15,19-21H,7-12H2,1-6H3/t13-,14-,15-,19-,20+,21+,25-,26+,27+/m0/s1. The molecule has 3 fully saturated rings. The summed E-state index contributed by atoms with van der Waals surface area (Å²) in [5.41, 5.74) is 3.56. The van der Waals surface area contributed by atoms with Crippen LogP contribution in [0.1, 0.15) is 58.2 Å². The number of fused-ring (bicyclic) bond motifs is 9. The van der Waals surface area contributed by atoms with E-state index in [0.717, 1.165) is 56.3 Å². The molecule has 6 nitrogen and oxygen atoms in total. The highest BCUT2D eigenvalue weighted by molar-refractivity contribution is 5.66. The third-order valence-electron chi connectivity index (χ3n) is 9.81. The highest BCUT2D eigenvalue weighted by Crippen LogP contribution is 2.60. The lowest BCUT2D eigenvalue weighted by Gasteiger charge is -2.47. The molecule has 0 bridgehead atoms. The molecule has 0 aromatic heterocycles. The summed E-state index contributed by atoms with van der Waals surface area (Å²) in [4.78, 5) is 0. The van der Waals surface area contributed by atoms with Crippen molar-refractivity contribution in [1.82, 2.24) is 0 Å². The second kappa shape index (κ2) is 6.38. The molecule has 0 saturated carbocycles. The molecule has 6 heterocycles. The quantitative estimate of drug-likeness (QED) is 0.574. The Kier molecular flexibility index (Phi) is 4.03. The van der Waals surface area contributed by atoms with E-state index >= 15 is 0 Å². The van der Waals surface area contributed by atoms with E-state index in [1.807, 2.05) is 0 Å². The molecule has 6 aliphatic heterocycles.